The number of anilines is 1. The second kappa shape index (κ2) is 10.3. The van der Waals surface area contributed by atoms with Crippen molar-refractivity contribution in [3.8, 4) is 16.9 Å². The molecule has 0 unspecified atom stereocenters. The van der Waals surface area contributed by atoms with Crippen LogP contribution in [0.4, 0.5) is 15.0 Å². The molecule has 1 saturated heterocycles. The number of carboxylic acid groups (broad SMARTS) is 1. The van der Waals surface area contributed by atoms with Crippen LogP contribution < -0.4 is 10.6 Å². The SMILES string of the molecule is CC(C)c1ccccc1-n1c(=O)nc(N2C[C@@H](C)N(C(=O)O)C[C@@H]2C)c2cc(Cl)c(-c3ccccc3F)nc21. The standard InChI is InChI=1S/C29H29ClFN5O3/c1-16(2)19-9-6-8-12-24(19)36-27-21(13-22(30)25(32-27)20-10-5-7-11-23(20)31)26(33-28(36)37)34-14-18(4)35(29(38)39)15-17(34)3/h5-13,16-18H,14-15H2,1-4H3,(H,38,39)/t17-,18+/m0/s1. The van der Waals surface area contributed by atoms with E-state index in [4.69, 9.17) is 16.6 Å². The molecule has 39 heavy (non-hydrogen) atoms. The topological polar surface area (TPSA) is 91.6 Å². The summed E-state index contributed by atoms with van der Waals surface area (Å²) in [6.07, 6.45) is -0.994. The van der Waals surface area contributed by atoms with Crippen molar-refractivity contribution in [1.82, 2.24) is 19.4 Å². The summed E-state index contributed by atoms with van der Waals surface area (Å²) in [5.74, 6) is -0.0115. The van der Waals surface area contributed by atoms with E-state index in [9.17, 15) is 19.1 Å². The fourth-order valence-corrected chi connectivity index (χ4v) is 5.50. The van der Waals surface area contributed by atoms with E-state index in [-0.39, 0.29) is 40.8 Å². The fourth-order valence-electron chi connectivity index (χ4n) is 5.25. The van der Waals surface area contributed by atoms with E-state index in [1.807, 2.05) is 56.9 Å². The Kier molecular flexibility index (Phi) is 7.03. The Bertz CT molecular complexity index is 1640. The first-order chi connectivity index (χ1) is 18.6. The van der Waals surface area contributed by atoms with Crippen LogP contribution in [0.5, 0.6) is 0 Å². The molecular weight excluding hydrogens is 521 g/mol. The minimum atomic E-state index is -0.994. The van der Waals surface area contributed by atoms with Crippen molar-refractivity contribution in [2.75, 3.05) is 18.0 Å². The van der Waals surface area contributed by atoms with Crippen LogP contribution in [0.1, 0.15) is 39.2 Å². The van der Waals surface area contributed by atoms with Crippen LogP contribution in [0.2, 0.25) is 5.02 Å². The zero-order valence-corrected chi connectivity index (χ0v) is 22.9. The monoisotopic (exact) mass is 549 g/mol. The van der Waals surface area contributed by atoms with Gasteiger partial charge in [-0.05, 0) is 49.6 Å². The number of fused-ring (bicyclic) bond motifs is 1. The maximum absolute atomic E-state index is 14.9. The molecule has 0 spiro atoms. The van der Waals surface area contributed by atoms with Crippen molar-refractivity contribution in [3.63, 3.8) is 0 Å². The molecule has 10 heteroatoms. The predicted molar refractivity (Wildman–Crippen MR) is 151 cm³/mol. The minimum Gasteiger partial charge on any atom is -0.465 e. The zero-order chi connectivity index (χ0) is 28.0. The summed E-state index contributed by atoms with van der Waals surface area (Å²) >= 11 is 6.72. The molecule has 1 aliphatic heterocycles. The summed E-state index contributed by atoms with van der Waals surface area (Å²) in [7, 11) is 0. The second-order valence-electron chi connectivity index (χ2n) is 10.2. The molecule has 2 aromatic heterocycles. The summed E-state index contributed by atoms with van der Waals surface area (Å²) in [5, 5.41) is 10.3. The molecule has 0 bridgehead atoms. The van der Waals surface area contributed by atoms with E-state index in [2.05, 4.69) is 4.98 Å². The average Bonchev–Trinajstić information content (AvgIpc) is 2.89. The maximum atomic E-state index is 14.9. The Morgan fingerprint density at radius 1 is 1.05 bits per heavy atom. The molecule has 0 radical (unpaired) electrons. The Labute approximate surface area is 230 Å². The number of hydrogen-bond acceptors (Lipinski definition) is 5. The summed E-state index contributed by atoms with van der Waals surface area (Å²) < 4.78 is 16.3. The van der Waals surface area contributed by atoms with Crippen molar-refractivity contribution in [3.05, 3.63) is 81.5 Å². The van der Waals surface area contributed by atoms with Crippen LogP contribution in [0.15, 0.2) is 59.4 Å². The predicted octanol–water partition coefficient (Wildman–Crippen LogP) is 5.94. The van der Waals surface area contributed by atoms with Gasteiger partial charge in [-0.25, -0.2) is 23.5 Å². The van der Waals surface area contributed by atoms with Crippen LogP contribution >= 0.6 is 11.6 Å². The highest BCUT2D eigenvalue weighted by Crippen LogP contribution is 2.36. The van der Waals surface area contributed by atoms with Crippen molar-refractivity contribution in [1.29, 1.82) is 0 Å². The molecule has 2 atom stereocenters. The highest BCUT2D eigenvalue weighted by molar-refractivity contribution is 6.33. The van der Waals surface area contributed by atoms with E-state index in [1.165, 1.54) is 15.5 Å². The Balaban J connectivity index is 1.82. The molecule has 1 N–H and O–H groups in total. The highest BCUT2D eigenvalue weighted by Gasteiger charge is 2.34. The number of piperazine rings is 1. The highest BCUT2D eigenvalue weighted by atomic mass is 35.5. The lowest BCUT2D eigenvalue weighted by Crippen LogP contribution is -2.58. The van der Waals surface area contributed by atoms with Crippen LogP contribution in [0.25, 0.3) is 28.0 Å². The van der Waals surface area contributed by atoms with Crippen molar-refractivity contribution in [2.45, 2.75) is 45.7 Å². The number of benzene rings is 2. The van der Waals surface area contributed by atoms with E-state index < -0.39 is 17.6 Å². The lowest BCUT2D eigenvalue weighted by atomic mass is 10.0. The number of para-hydroxylation sites is 1. The number of pyridine rings is 1. The third-order valence-corrected chi connectivity index (χ3v) is 7.52. The molecule has 1 amide bonds. The summed E-state index contributed by atoms with van der Waals surface area (Å²) in [6.45, 7) is 8.35. The molecule has 2 aromatic carbocycles. The van der Waals surface area contributed by atoms with Gasteiger partial charge in [-0.15, -0.1) is 0 Å². The van der Waals surface area contributed by atoms with Gasteiger partial charge in [0.05, 0.1) is 21.8 Å². The summed E-state index contributed by atoms with van der Waals surface area (Å²) in [4.78, 5) is 38.2. The van der Waals surface area contributed by atoms with Gasteiger partial charge in [-0.1, -0.05) is 55.8 Å². The zero-order valence-electron chi connectivity index (χ0n) is 22.1. The summed E-state index contributed by atoms with van der Waals surface area (Å²) in [6, 6.07) is 14.8. The molecule has 1 fully saturated rings. The van der Waals surface area contributed by atoms with Gasteiger partial charge in [-0.2, -0.15) is 4.98 Å². The van der Waals surface area contributed by atoms with Crippen LogP contribution in [-0.2, 0) is 0 Å². The molecule has 0 saturated carbocycles. The lowest BCUT2D eigenvalue weighted by Gasteiger charge is -2.43. The van der Waals surface area contributed by atoms with Crippen molar-refractivity contribution >= 4 is 34.5 Å². The average molecular weight is 550 g/mol. The van der Waals surface area contributed by atoms with Gasteiger partial charge in [0.25, 0.3) is 0 Å². The van der Waals surface area contributed by atoms with Crippen LogP contribution in [0.3, 0.4) is 0 Å². The molecule has 5 rings (SSSR count). The molecule has 202 valence electrons. The van der Waals surface area contributed by atoms with Gasteiger partial charge in [-0.3, -0.25) is 0 Å². The minimum absolute atomic E-state index is 0.103. The Hall–Kier alpha value is -3.98. The van der Waals surface area contributed by atoms with Gasteiger partial charge in [0.1, 0.15) is 11.6 Å². The van der Waals surface area contributed by atoms with Gasteiger partial charge in [0.2, 0.25) is 0 Å². The Morgan fingerprint density at radius 2 is 1.74 bits per heavy atom. The normalized spacial score (nSPS) is 17.7. The Morgan fingerprint density at radius 3 is 2.44 bits per heavy atom. The maximum Gasteiger partial charge on any atom is 0.407 e. The van der Waals surface area contributed by atoms with Gasteiger partial charge in [0, 0.05) is 30.7 Å². The first-order valence-corrected chi connectivity index (χ1v) is 13.2. The van der Waals surface area contributed by atoms with Crippen LogP contribution in [-0.4, -0.2) is 55.8 Å². The number of carbonyl (C=O) groups is 1. The third-order valence-electron chi connectivity index (χ3n) is 7.23. The summed E-state index contributed by atoms with van der Waals surface area (Å²) in [5.41, 5.74) is 1.74. The van der Waals surface area contributed by atoms with Gasteiger partial charge < -0.3 is 14.9 Å². The van der Waals surface area contributed by atoms with Crippen molar-refractivity contribution < 1.29 is 14.3 Å². The molecule has 8 nitrogen and oxygen atoms in total. The van der Waals surface area contributed by atoms with Crippen LogP contribution in [0, 0.1) is 5.82 Å². The lowest BCUT2D eigenvalue weighted by molar-refractivity contribution is 0.114. The van der Waals surface area contributed by atoms with E-state index in [0.717, 1.165) is 5.56 Å². The number of aromatic nitrogens is 3. The fraction of sp³-hybridized carbons (Fsp3) is 0.310. The van der Waals surface area contributed by atoms with Gasteiger partial charge in [0.15, 0.2) is 5.65 Å². The number of nitrogens with zero attached hydrogens (tertiary/aromatic N) is 5. The smallest absolute Gasteiger partial charge is 0.407 e. The number of rotatable bonds is 4. The molecular formula is C29H29ClFN5O3. The molecule has 4 aromatic rings. The van der Waals surface area contributed by atoms with E-state index in [1.54, 1.807) is 24.3 Å². The van der Waals surface area contributed by atoms with Crippen molar-refractivity contribution in [2.24, 2.45) is 0 Å². The molecule has 0 aliphatic carbocycles. The second-order valence-corrected chi connectivity index (χ2v) is 10.6. The molecule has 3 heterocycles. The number of hydrogen-bond donors (Lipinski definition) is 1. The number of halogens is 2. The first kappa shape index (κ1) is 26.6. The first-order valence-electron chi connectivity index (χ1n) is 12.8. The van der Waals surface area contributed by atoms with Gasteiger partial charge >= 0.3 is 11.8 Å². The number of amides is 1. The largest absolute Gasteiger partial charge is 0.465 e. The van der Waals surface area contributed by atoms with E-state index >= 15 is 0 Å². The third kappa shape index (κ3) is 4.71. The molecule has 1 aliphatic rings. The van der Waals surface area contributed by atoms with E-state index in [0.29, 0.717) is 29.1 Å². The quantitative estimate of drug-likeness (QED) is 0.339.